The molecule has 0 aromatic carbocycles. The molecule has 0 bridgehead atoms. The van der Waals surface area contributed by atoms with Crippen LogP contribution in [0.5, 0.6) is 0 Å². The molecule has 1 aliphatic rings. The Kier molecular flexibility index (Phi) is 4.54. The maximum absolute atomic E-state index is 11.3. The lowest BCUT2D eigenvalue weighted by Crippen LogP contribution is -2.53. The van der Waals surface area contributed by atoms with E-state index in [1.54, 1.807) is 0 Å². The van der Waals surface area contributed by atoms with Crippen molar-refractivity contribution in [1.29, 1.82) is 0 Å². The first kappa shape index (κ1) is 12.5. The highest BCUT2D eigenvalue weighted by atomic mass is 16.1. The summed E-state index contributed by atoms with van der Waals surface area (Å²) >= 11 is 0. The average molecular weight is 213 g/mol. The molecule has 4 heteroatoms. The Bertz CT molecular complexity index is 220. The van der Waals surface area contributed by atoms with Crippen molar-refractivity contribution in [2.75, 3.05) is 20.1 Å². The van der Waals surface area contributed by atoms with E-state index in [0.29, 0.717) is 12.0 Å². The SMILES string of the molecule is CCC(C(N)=O)N1CCC(NC)C(C)C1. The van der Waals surface area contributed by atoms with E-state index in [-0.39, 0.29) is 11.9 Å². The molecule has 3 N–H and O–H groups in total. The van der Waals surface area contributed by atoms with E-state index in [4.69, 9.17) is 5.73 Å². The Morgan fingerprint density at radius 1 is 1.67 bits per heavy atom. The third kappa shape index (κ3) is 2.92. The second kappa shape index (κ2) is 5.47. The van der Waals surface area contributed by atoms with E-state index in [1.165, 1.54) is 0 Å². The van der Waals surface area contributed by atoms with Gasteiger partial charge in [0.05, 0.1) is 6.04 Å². The van der Waals surface area contributed by atoms with E-state index in [0.717, 1.165) is 25.9 Å². The van der Waals surface area contributed by atoms with E-state index >= 15 is 0 Å². The number of hydrogen-bond donors (Lipinski definition) is 2. The van der Waals surface area contributed by atoms with Crippen LogP contribution in [0, 0.1) is 5.92 Å². The second-order valence-corrected chi connectivity index (χ2v) is 4.48. The quantitative estimate of drug-likeness (QED) is 0.700. The first-order chi connectivity index (χ1) is 7.10. The number of piperidine rings is 1. The molecular formula is C11H23N3O. The first-order valence-electron chi connectivity index (χ1n) is 5.80. The minimum Gasteiger partial charge on any atom is -0.368 e. The highest BCUT2D eigenvalue weighted by Gasteiger charge is 2.30. The Morgan fingerprint density at radius 3 is 2.73 bits per heavy atom. The zero-order valence-corrected chi connectivity index (χ0v) is 9.99. The van der Waals surface area contributed by atoms with Crippen molar-refractivity contribution < 1.29 is 4.79 Å². The molecule has 1 rings (SSSR count). The molecule has 1 heterocycles. The molecule has 15 heavy (non-hydrogen) atoms. The summed E-state index contributed by atoms with van der Waals surface area (Å²) in [6, 6.07) is 0.497. The molecular weight excluding hydrogens is 190 g/mol. The van der Waals surface area contributed by atoms with Gasteiger partial charge >= 0.3 is 0 Å². The van der Waals surface area contributed by atoms with Gasteiger partial charge in [-0.15, -0.1) is 0 Å². The van der Waals surface area contributed by atoms with E-state index in [9.17, 15) is 4.79 Å². The number of primary amides is 1. The van der Waals surface area contributed by atoms with Gasteiger partial charge in [-0.05, 0) is 25.8 Å². The summed E-state index contributed by atoms with van der Waals surface area (Å²) in [5, 5.41) is 3.32. The lowest BCUT2D eigenvalue weighted by molar-refractivity contribution is -0.124. The summed E-state index contributed by atoms with van der Waals surface area (Å²) in [5.41, 5.74) is 5.39. The topological polar surface area (TPSA) is 58.4 Å². The Balaban J connectivity index is 2.56. The fourth-order valence-electron chi connectivity index (χ4n) is 2.53. The van der Waals surface area contributed by atoms with Gasteiger partial charge in [0, 0.05) is 19.1 Å². The van der Waals surface area contributed by atoms with E-state index in [1.807, 2.05) is 14.0 Å². The summed E-state index contributed by atoms with van der Waals surface area (Å²) in [6.07, 6.45) is 1.91. The summed E-state index contributed by atoms with van der Waals surface area (Å²) in [5.74, 6) is 0.393. The number of nitrogens with zero attached hydrogens (tertiary/aromatic N) is 1. The number of likely N-dealkylation sites (tertiary alicyclic amines) is 1. The van der Waals surface area contributed by atoms with Gasteiger partial charge in [0.2, 0.25) is 5.91 Å². The summed E-state index contributed by atoms with van der Waals surface area (Å²) in [7, 11) is 2.00. The van der Waals surface area contributed by atoms with Crippen LogP contribution in [-0.4, -0.2) is 43.0 Å². The molecule has 0 saturated carbocycles. The molecule has 88 valence electrons. The number of hydrogen-bond acceptors (Lipinski definition) is 3. The van der Waals surface area contributed by atoms with Gasteiger partial charge in [0.25, 0.3) is 0 Å². The average Bonchev–Trinajstić information content (AvgIpc) is 2.18. The third-order valence-corrected chi connectivity index (χ3v) is 3.46. The molecule has 1 saturated heterocycles. The zero-order valence-electron chi connectivity index (χ0n) is 9.99. The maximum atomic E-state index is 11.3. The number of nitrogens with one attached hydrogen (secondary N) is 1. The highest BCUT2D eigenvalue weighted by Crippen LogP contribution is 2.19. The normalized spacial score (nSPS) is 30.1. The third-order valence-electron chi connectivity index (χ3n) is 3.46. The Hall–Kier alpha value is -0.610. The van der Waals surface area contributed by atoms with Crippen LogP contribution in [-0.2, 0) is 4.79 Å². The van der Waals surface area contributed by atoms with Crippen molar-refractivity contribution in [1.82, 2.24) is 10.2 Å². The van der Waals surface area contributed by atoms with Gasteiger partial charge < -0.3 is 11.1 Å². The standard InChI is InChI=1S/C11H23N3O/c1-4-10(11(12)15)14-6-5-9(13-3)8(2)7-14/h8-10,13H,4-7H2,1-3H3,(H2,12,15). The molecule has 1 amide bonds. The predicted octanol–water partition coefficient (Wildman–Crippen LogP) is 0.180. The zero-order chi connectivity index (χ0) is 11.4. The van der Waals surface area contributed by atoms with Crippen LogP contribution in [0.4, 0.5) is 0 Å². The minimum atomic E-state index is -0.187. The maximum Gasteiger partial charge on any atom is 0.234 e. The number of carbonyl (C=O) groups is 1. The minimum absolute atomic E-state index is 0.0785. The van der Waals surface area contributed by atoms with Crippen molar-refractivity contribution in [2.24, 2.45) is 11.7 Å². The van der Waals surface area contributed by atoms with Crippen LogP contribution in [0.2, 0.25) is 0 Å². The number of carbonyl (C=O) groups excluding carboxylic acids is 1. The molecule has 0 aromatic rings. The highest BCUT2D eigenvalue weighted by molar-refractivity contribution is 5.79. The molecule has 0 radical (unpaired) electrons. The van der Waals surface area contributed by atoms with Crippen LogP contribution in [0.25, 0.3) is 0 Å². The molecule has 0 aromatic heterocycles. The lowest BCUT2D eigenvalue weighted by atomic mass is 9.92. The van der Waals surface area contributed by atoms with Gasteiger partial charge in [-0.25, -0.2) is 0 Å². The van der Waals surface area contributed by atoms with Crippen molar-refractivity contribution in [2.45, 2.75) is 38.8 Å². The smallest absolute Gasteiger partial charge is 0.234 e. The largest absolute Gasteiger partial charge is 0.368 e. The predicted molar refractivity (Wildman–Crippen MR) is 61.5 cm³/mol. The van der Waals surface area contributed by atoms with Crippen LogP contribution in [0.1, 0.15) is 26.7 Å². The number of rotatable bonds is 4. The number of amides is 1. The van der Waals surface area contributed by atoms with Crippen LogP contribution >= 0.6 is 0 Å². The number of nitrogens with two attached hydrogens (primary N) is 1. The molecule has 0 aliphatic carbocycles. The molecule has 1 aliphatic heterocycles. The van der Waals surface area contributed by atoms with Gasteiger partial charge in [-0.2, -0.15) is 0 Å². The molecule has 3 unspecified atom stereocenters. The van der Waals surface area contributed by atoms with Crippen molar-refractivity contribution in [3.05, 3.63) is 0 Å². The summed E-state index contributed by atoms with van der Waals surface area (Å²) < 4.78 is 0. The molecule has 1 fully saturated rings. The first-order valence-corrected chi connectivity index (χ1v) is 5.80. The van der Waals surface area contributed by atoms with Gasteiger partial charge in [0.15, 0.2) is 0 Å². The van der Waals surface area contributed by atoms with E-state index < -0.39 is 0 Å². The lowest BCUT2D eigenvalue weighted by Gasteiger charge is -2.39. The van der Waals surface area contributed by atoms with Crippen molar-refractivity contribution >= 4 is 5.91 Å². The van der Waals surface area contributed by atoms with Crippen LogP contribution < -0.4 is 11.1 Å². The van der Waals surface area contributed by atoms with Gasteiger partial charge in [-0.1, -0.05) is 13.8 Å². The molecule has 3 atom stereocenters. The molecule has 0 spiro atoms. The van der Waals surface area contributed by atoms with Crippen LogP contribution in [0.3, 0.4) is 0 Å². The van der Waals surface area contributed by atoms with E-state index in [2.05, 4.69) is 17.1 Å². The van der Waals surface area contributed by atoms with Crippen molar-refractivity contribution in [3.63, 3.8) is 0 Å². The van der Waals surface area contributed by atoms with Gasteiger partial charge in [0.1, 0.15) is 0 Å². The summed E-state index contributed by atoms with van der Waals surface area (Å²) in [4.78, 5) is 13.5. The summed E-state index contributed by atoms with van der Waals surface area (Å²) in [6.45, 7) is 6.18. The fraction of sp³-hybridized carbons (Fsp3) is 0.909. The Morgan fingerprint density at radius 2 is 2.33 bits per heavy atom. The molecule has 4 nitrogen and oxygen atoms in total. The second-order valence-electron chi connectivity index (χ2n) is 4.48. The Labute approximate surface area is 92.2 Å². The fourth-order valence-corrected chi connectivity index (χ4v) is 2.53. The van der Waals surface area contributed by atoms with Crippen LogP contribution in [0.15, 0.2) is 0 Å². The van der Waals surface area contributed by atoms with Gasteiger partial charge in [-0.3, -0.25) is 9.69 Å². The van der Waals surface area contributed by atoms with Crippen molar-refractivity contribution in [3.8, 4) is 0 Å². The monoisotopic (exact) mass is 213 g/mol.